The molecule has 1 amide bonds. The Morgan fingerprint density at radius 1 is 1.44 bits per heavy atom. The van der Waals surface area contributed by atoms with Crippen molar-refractivity contribution in [3.63, 3.8) is 0 Å². The fourth-order valence-corrected chi connectivity index (χ4v) is 1.91. The molecular weight excluding hydrogens is 257 g/mol. The third-order valence-electron chi connectivity index (χ3n) is 2.15. The number of thioether (sulfide) groups is 1. The Morgan fingerprint density at radius 3 is 2.78 bits per heavy atom. The van der Waals surface area contributed by atoms with E-state index in [1.165, 1.54) is 17.8 Å². The van der Waals surface area contributed by atoms with Crippen molar-refractivity contribution in [3.05, 3.63) is 29.6 Å². The number of benzene rings is 1. The topological polar surface area (TPSA) is 66.4 Å². The van der Waals surface area contributed by atoms with Crippen LogP contribution >= 0.6 is 11.8 Å². The molecule has 1 aromatic rings. The molecule has 0 aliphatic carbocycles. The summed E-state index contributed by atoms with van der Waals surface area (Å²) in [6.45, 7) is 1.64. The van der Waals surface area contributed by atoms with Crippen LogP contribution in [0, 0.1) is 12.7 Å². The SMILES string of the molecule is Cc1ccc(NC(=O)CSCCC(=O)O)cc1F. The number of amides is 1. The van der Waals surface area contributed by atoms with Crippen molar-refractivity contribution in [1.29, 1.82) is 0 Å². The predicted octanol–water partition coefficient (Wildman–Crippen LogP) is 2.28. The molecular formula is C12H14FNO3S. The van der Waals surface area contributed by atoms with E-state index in [1.807, 2.05) is 0 Å². The standard InChI is InChI=1S/C12H14FNO3S/c1-8-2-3-9(6-10(8)13)14-11(15)7-18-5-4-12(16)17/h2-3,6H,4-5,7H2,1H3,(H,14,15)(H,16,17). The second-order valence-corrected chi connectivity index (χ2v) is 4.81. The average molecular weight is 271 g/mol. The number of carboxylic acid groups (broad SMARTS) is 1. The highest BCUT2D eigenvalue weighted by Crippen LogP contribution is 2.14. The molecule has 0 aromatic heterocycles. The van der Waals surface area contributed by atoms with Gasteiger partial charge in [0, 0.05) is 11.4 Å². The van der Waals surface area contributed by atoms with Crippen LogP contribution < -0.4 is 5.32 Å². The molecule has 0 unspecified atom stereocenters. The van der Waals surface area contributed by atoms with Crippen molar-refractivity contribution in [2.75, 3.05) is 16.8 Å². The van der Waals surface area contributed by atoms with E-state index >= 15 is 0 Å². The van der Waals surface area contributed by atoms with Crippen LogP contribution in [0.2, 0.25) is 0 Å². The van der Waals surface area contributed by atoms with Crippen LogP contribution in [-0.2, 0) is 9.59 Å². The van der Waals surface area contributed by atoms with E-state index in [2.05, 4.69) is 5.32 Å². The second-order valence-electron chi connectivity index (χ2n) is 3.71. The fourth-order valence-electron chi connectivity index (χ4n) is 1.19. The first kappa shape index (κ1) is 14.5. The number of aryl methyl sites for hydroxylation is 1. The summed E-state index contributed by atoms with van der Waals surface area (Å²) in [5.41, 5.74) is 0.922. The first-order valence-corrected chi connectivity index (χ1v) is 6.50. The molecule has 1 rings (SSSR count). The molecule has 0 saturated heterocycles. The maximum Gasteiger partial charge on any atom is 0.304 e. The van der Waals surface area contributed by atoms with E-state index in [9.17, 15) is 14.0 Å². The molecule has 0 fully saturated rings. The van der Waals surface area contributed by atoms with Crippen molar-refractivity contribution >= 4 is 29.3 Å². The number of aliphatic carboxylic acids is 1. The molecule has 18 heavy (non-hydrogen) atoms. The Morgan fingerprint density at radius 2 is 2.17 bits per heavy atom. The van der Waals surface area contributed by atoms with Crippen LogP contribution in [0.3, 0.4) is 0 Å². The number of carboxylic acids is 1. The van der Waals surface area contributed by atoms with Crippen molar-refractivity contribution < 1.29 is 19.1 Å². The lowest BCUT2D eigenvalue weighted by Crippen LogP contribution is -2.14. The molecule has 0 spiro atoms. The minimum atomic E-state index is -0.886. The van der Waals surface area contributed by atoms with Gasteiger partial charge in [0.05, 0.1) is 12.2 Å². The van der Waals surface area contributed by atoms with E-state index < -0.39 is 5.97 Å². The van der Waals surface area contributed by atoms with Gasteiger partial charge in [-0.15, -0.1) is 0 Å². The summed E-state index contributed by atoms with van der Waals surface area (Å²) in [6.07, 6.45) is 0.0249. The van der Waals surface area contributed by atoms with Crippen LogP contribution in [0.4, 0.5) is 10.1 Å². The van der Waals surface area contributed by atoms with E-state index in [4.69, 9.17) is 5.11 Å². The highest BCUT2D eigenvalue weighted by molar-refractivity contribution is 7.99. The molecule has 4 nitrogen and oxygen atoms in total. The van der Waals surface area contributed by atoms with Crippen molar-refractivity contribution in [1.82, 2.24) is 0 Å². The Hall–Kier alpha value is -1.56. The van der Waals surface area contributed by atoms with Gasteiger partial charge in [-0.1, -0.05) is 6.07 Å². The van der Waals surface area contributed by atoms with Gasteiger partial charge in [-0.05, 0) is 24.6 Å². The molecule has 0 heterocycles. The lowest BCUT2D eigenvalue weighted by atomic mass is 10.2. The van der Waals surface area contributed by atoms with E-state index in [0.29, 0.717) is 17.0 Å². The first-order valence-electron chi connectivity index (χ1n) is 5.34. The molecule has 0 bridgehead atoms. The quantitative estimate of drug-likeness (QED) is 0.779. The Balaban J connectivity index is 2.35. The van der Waals surface area contributed by atoms with Gasteiger partial charge < -0.3 is 10.4 Å². The highest BCUT2D eigenvalue weighted by atomic mass is 32.2. The summed E-state index contributed by atoms with van der Waals surface area (Å²) < 4.78 is 13.2. The summed E-state index contributed by atoms with van der Waals surface area (Å²) in [4.78, 5) is 21.7. The molecule has 6 heteroatoms. The van der Waals surface area contributed by atoms with E-state index in [1.54, 1.807) is 19.1 Å². The first-order chi connectivity index (χ1) is 8.49. The summed E-state index contributed by atoms with van der Waals surface area (Å²) in [5, 5.41) is 11.0. The summed E-state index contributed by atoms with van der Waals surface area (Å²) >= 11 is 1.23. The number of hydrogen-bond acceptors (Lipinski definition) is 3. The maximum atomic E-state index is 13.2. The van der Waals surface area contributed by atoms with E-state index in [-0.39, 0.29) is 23.9 Å². The average Bonchev–Trinajstić information content (AvgIpc) is 2.29. The van der Waals surface area contributed by atoms with Gasteiger partial charge in [0.2, 0.25) is 5.91 Å². The predicted molar refractivity (Wildman–Crippen MR) is 69.3 cm³/mol. The lowest BCUT2D eigenvalue weighted by Gasteiger charge is -2.05. The maximum absolute atomic E-state index is 13.2. The molecule has 2 N–H and O–H groups in total. The van der Waals surface area contributed by atoms with Gasteiger partial charge in [-0.25, -0.2) is 4.39 Å². The summed E-state index contributed by atoms with van der Waals surface area (Å²) in [5.74, 6) is -0.989. The van der Waals surface area contributed by atoms with Gasteiger partial charge in [-0.2, -0.15) is 11.8 Å². The number of carbonyl (C=O) groups excluding carboxylic acids is 1. The minimum Gasteiger partial charge on any atom is -0.481 e. The Kier molecular flexibility index (Phi) is 5.64. The number of halogens is 1. The number of anilines is 1. The molecule has 0 radical (unpaired) electrons. The van der Waals surface area contributed by atoms with Crippen molar-refractivity contribution in [2.24, 2.45) is 0 Å². The molecule has 0 aliphatic heterocycles. The van der Waals surface area contributed by atoms with Crippen molar-refractivity contribution in [3.8, 4) is 0 Å². The molecule has 0 atom stereocenters. The lowest BCUT2D eigenvalue weighted by molar-refractivity contribution is -0.136. The molecule has 0 saturated carbocycles. The third-order valence-corrected chi connectivity index (χ3v) is 3.11. The van der Waals surface area contributed by atoms with Crippen LogP contribution in [0.5, 0.6) is 0 Å². The van der Waals surface area contributed by atoms with Crippen LogP contribution in [0.25, 0.3) is 0 Å². The normalized spacial score (nSPS) is 10.1. The minimum absolute atomic E-state index is 0.0249. The highest BCUT2D eigenvalue weighted by Gasteiger charge is 2.05. The van der Waals surface area contributed by atoms with Gasteiger partial charge in [0.25, 0.3) is 0 Å². The van der Waals surface area contributed by atoms with Crippen LogP contribution in [-0.4, -0.2) is 28.5 Å². The zero-order chi connectivity index (χ0) is 13.5. The Labute approximate surface area is 109 Å². The number of carbonyl (C=O) groups is 2. The monoisotopic (exact) mass is 271 g/mol. The largest absolute Gasteiger partial charge is 0.481 e. The second kappa shape index (κ2) is 7.00. The van der Waals surface area contributed by atoms with Gasteiger partial charge >= 0.3 is 5.97 Å². The van der Waals surface area contributed by atoms with Gasteiger partial charge in [0.1, 0.15) is 5.82 Å². The Bertz CT molecular complexity index is 451. The van der Waals surface area contributed by atoms with Gasteiger partial charge in [-0.3, -0.25) is 9.59 Å². The van der Waals surface area contributed by atoms with E-state index in [0.717, 1.165) is 0 Å². The smallest absolute Gasteiger partial charge is 0.304 e. The van der Waals surface area contributed by atoms with Gasteiger partial charge in [0.15, 0.2) is 0 Å². The zero-order valence-electron chi connectivity index (χ0n) is 9.90. The fraction of sp³-hybridized carbons (Fsp3) is 0.333. The molecule has 98 valence electrons. The summed E-state index contributed by atoms with van der Waals surface area (Å²) in [7, 11) is 0. The zero-order valence-corrected chi connectivity index (χ0v) is 10.7. The third kappa shape index (κ3) is 5.18. The van der Waals surface area contributed by atoms with Crippen molar-refractivity contribution in [2.45, 2.75) is 13.3 Å². The summed E-state index contributed by atoms with van der Waals surface area (Å²) in [6, 6.07) is 4.47. The molecule has 0 aliphatic rings. The van der Waals surface area contributed by atoms with Crippen LogP contribution in [0.15, 0.2) is 18.2 Å². The number of hydrogen-bond donors (Lipinski definition) is 2. The number of nitrogens with one attached hydrogen (secondary N) is 1. The van der Waals surface area contributed by atoms with Crippen LogP contribution in [0.1, 0.15) is 12.0 Å². The number of rotatable bonds is 6. The molecule has 1 aromatic carbocycles.